The van der Waals surface area contributed by atoms with Crippen molar-refractivity contribution in [3.63, 3.8) is 0 Å². The van der Waals surface area contributed by atoms with Gasteiger partial charge in [-0.1, -0.05) is 6.92 Å². The smallest absolute Gasteiger partial charge is 0.0519 e. The maximum Gasteiger partial charge on any atom is 0.0519 e. The second-order valence-electron chi connectivity index (χ2n) is 1.46. The normalized spacial score (nSPS) is 13.1. The first-order valence-corrected chi connectivity index (χ1v) is 2.73. The first kappa shape index (κ1) is 7.34. The van der Waals surface area contributed by atoms with Gasteiger partial charge < -0.3 is 0 Å². The van der Waals surface area contributed by atoms with E-state index in [1.165, 1.54) is 0 Å². The number of nitrogens with zero attached hydrogens (tertiary/aromatic N) is 2. The predicted octanol–water partition coefficient (Wildman–Crippen LogP) is 1.17. The monoisotopic (exact) mass is 112 g/mol. The Morgan fingerprint density at radius 1 is 1.50 bits per heavy atom. The molecule has 0 radical (unpaired) electrons. The zero-order valence-electron chi connectivity index (χ0n) is 5.68. The molecule has 0 amide bonds. The van der Waals surface area contributed by atoms with Crippen molar-refractivity contribution in [1.82, 2.24) is 0 Å². The SMILES string of the molecule is CCC(/C=N/C)=N/C. The summed E-state index contributed by atoms with van der Waals surface area (Å²) in [5.74, 6) is 0. The standard InChI is InChI=1S/C6H12N2/c1-4-6(8-3)5-7-2/h5H,4H2,1-3H3/b7-5+,8-6-. The summed E-state index contributed by atoms with van der Waals surface area (Å²) in [6.45, 7) is 2.06. The highest BCUT2D eigenvalue weighted by atomic mass is 14.7. The molecule has 8 heavy (non-hydrogen) atoms. The van der Waals surface area contributed by atoms with Gasteiger partial charge in [-0.25, -0.2) is 0 Å². The van der Waals surface area contributed by atoms with Crippen molar-refractivity contribution in [2.75, 3.05) is 14.1 Å². The molecule has 46 valence electrons. The molecular weight excluding hydrogens is 100 g/mol. The lowest BCUT2D eigenvalue weighted by Gasteiger charge is -1.87. The fourth-order valence-electron chi connectivity index (χ4n) is 0.456. The Labute approximate surface area is 50.4 Å². The molecule has 0 aromatic carbocycles. The van der Waals surface area contributed by atoms with Crippen LogP contribution in [0.25, 0.3) is 0 Å². The predicted molar refractivity (Wildman–Crippen MR) is 38.1 cm³/mol. The molecule has 0 N–H and O–H groups in total. The van der Waals surface area contributed by atoms with Crippen molar-refractivity contribution in [1.29, 1.82) is 0 Å². The van der Waals surface area contributed by atoms with Gasteiger partial charge in [0.05, 0.1) is 5.71 Å². The molecule has 0 unspecified atom stereocenters. The van der Waals surface area contributed by atoms with Crippen molar-refractivity contribution in [3.8, 4) is 0 Å². The zero-order chi connectivity index (χ0) is 6.41. The van der Waals surface area contributed by atoms with Crippen LogP contribution in [0.2, 0.25) is 0 Å². The lowest BCUT2D eigenvalue weighted by molar-refractivity contribution is 1.27. The molecule has 2 heteroatoms. The molecule has 0 rings (SSSR count). The van der Waals surface area contributed by atoms with Crippen molar-refractivity contribution < 1.29 is 0 Å². The maximum absolute atomic E-state index is 3.96. The Morgan fingerprint density at radius 2 is 2.12 bits per heavy atom. The third-order valence-corrected chi connectivity index (χ3v) is 0.928. The number of rotatable bonds is 2. The average molecular weight is 112 g/mol. The number of hydrogen-bond donors (Lipinski definition) is 0. The largest absolute Gasteiger partial charge is 0.295 e. The van der Waals surface area contributed by atoms with E-state index in [0.29, 0.717) is 0 Å². The molecule has 2 nitrogen and oxygen atoms in total. The van der Waals surface area contributed by atoms with Crippen LogP contribution in [0.15, 0.2) is 9.98 Å². The first-order valence-electron chi connectivity index (χ1n) is 2.73. The van der Waals surface area contributed by atoms with Crippen LogP contribution in [0, 0.1) is 0 Å². The molecule has 0 heterocycles. The van der Waals surface area contributed by atoms with Crippen LogP contribution in [0.4, 0.5) is 0 Å². The van der Waals surface area contributed by atoms with Gasteiger partial charge in [0.1, 0.15) is 0 Å². The molecule has 0 spiro atoms. The van der Waals surface area contributed by atoms with Crippen LogP contribution in [0.3, 0.4) is 0 Å². The van der Waals surface area contributed by atoms with Gasteiger partial charge in [0, 0.05) is 20.3 Å². The van der Waals surface area contributed by atoms with Crippen molar-refractivity contribution in [2.45, 2.75) is 13.3 Å². The van der Waals surface area contributed by atoms with Crippen LogP contribution < -0.4 is 0 Å². The summed E-state index contributed by atoms with van der Waals surface area (Å²) in [6.07, 6.45) is 2.74. The minimum absolute atomic E-state index is 0.966. The summed E-state index contributed by atoms with van der Waals surface area (Å²) in [6, 6.07) is 0. The van der Waals surface area contributed by atoms with E-state index in [2.05, 4.69) is 16.9 Å². The Balaban J connectivity index is 3.72. The molecule has 0 aliphatic rings. The van der Waals surface area contributed by atoms with Crippen molar-refractivity contribution in [2.24, 2.45) is 9.98 Å². The van der Waals surface area contributed by atoms with E-state index in [4.69, 9.17) is 0 Å². The minimum atomic E-state index is 0.966. The van der Waals surface area contributed by atoms with E-state index < -0.39 is 0 Å². The molecule has 0 aromatic heterocycles. The molecule has 0 bridgehead atoms. The fraction of sp³-hybridized carbons (Fsp3) is 0.667. The van der Waals surface area contributed by atoms with E-state index in [1.54, 1.807) is 20.3 Å². The van der Waals surface area contributed by atoms with E-state index >= 15 is 0 Å². The zero-order valence-corrected chi connectivity index (χ0v) is 5.68. The van der Waals surface area contributed by atoms with Crippen LogP contribution in [0.5, 0.6) is 0 Å². The average Bonchev–Trinajstić information content (AvgIpc) is 1.83. The molecular formula is C6H12N2. The van der Waals surface area contributed by atoms with Gasteiger partial charge in [-0.3, -0.25) is 9.98 Å². The van der Waals surface area contributed by atoms with Gasteiger partial charge in [0.2, 0.25) is 0 Å². The molecule has 0 atom stereocenters. The van der Waals surface area contributed by atoms with Gasteiger partial charge >= 0.3 is 0 Å². The van der Waals surface area contributed by atoms with Crippen LogP contribution >= 0.6 is 0 Å². The quantitative estimate of drug-likeness (QED) is 0.479. The van der Waals surface area contributed by atoms with Gasteiger partial charge in [-0.05, 0) is 6.42 Å². The number of aliphatic imine (C=N–C) groups is 2. The Bertz CT molecular complexity index is 100. The first-order chi connectivity index (χ1) is 3.85. The summed E-state index contributed by atoms with van der Waals surface area (Å²) in [5.41, 5.74) is 1.05. The Kier molecular flexibility index (Phi) is 4.13. The van der Waals surface area contributed by atoms with Gasteiger partial charge in [-0.2, -0.15) is 0 Å². The maximum atomic E-state index is 3.96. The third-order valence-electron chi connectivity index (χ3n) is 0.928. The molecule has 0 saturated carbocycles. The molecule has 0 aliphatic heterocycles. The highest BCUT2D eigenvalue weighted by Crippen LogP contribution is 1.78. The summed E-state index contributed by atoms with van der Waals surface area (Å²) in [5, 5.41) is 0. The van der Waals surface area contributed by atoms with Gasteiger partial charge in [0.15, 0.2) is 0 Å². The van der Waals surface area contributed by atoms with Crippen LogP contribution in [0.1, 0.15) is 13.3 Å². The second kappa shape index (κ2) is 4.50. The van der Waals surface area contributed by atoms with Crippen molar-refractivity contribution in [3.05, 3.63) is 0 Å². The Hall–Kier alpha value is -0.660. The molecule has 0 aliphatic carbocycles. The minimum Gasteiger partial charge on any atom is -0.295 e. The van der Waals surface area contributed by atoms with Gasteiger partial charge in [-0.15, -0.1) is 0 Å². The third kappa shape index (κ3) is 2.50. The van der Waals surface area contributed by atoms with E-state index in [0.717, 1.165) is 12.1 Å². The lowest BCUT2D eigenvalue weighted by atomic mass is 10.3. The second-order valence-corrected chi connectivity index (χ2v) is 1.46. The Morgan fingerprint density at radius 3 is 2.25 bits per heavy atom. The molecule has 0 fully saturated rings. The topological polar surface area (TPSA) is 24.7 Å². The fourth-order valence-corrected chi connectivity index (χ4v) is 0.456. The van der Waals surface area contributed by atoms with Crippen molar-refractivity contribution >= 4 is 11.9 Å². The van der Waals surface area contributed by atoms with Crippen LogP contribution in [-0.2, 0) is 0 Å². The van der Waals surface area contributed by atoms with E-state index in [9.17, 15) is 0 Å². The lowest BCUT2D eigenvalue weighted by Crippen LogP contribution is -1.95. The summed E-state index contributed by atoms with van der Waals surface area (Å²) < 4.78 is 0. The van der Waals surface area contributed by atoms with Crippen LogP contribution in [-0.4, -0.2) is 26.0 Å². The number of hydrogen-bond acceptors (Lipinski definition) is 2. The summed E-state index contributed by atoms with van der Waals surface area (Å²) >= 11 is 0. The highest BCUT2D eigenvalue weighted by molar-refractivity contribution is 6.30. The summed E-state index contributed by atoms with van der Waals surface area (Å²) in [7, 11) is 3.53. The molecule has 0 saturated heterocycles. The van der Waals surface area contributed by atoms with Gasteiger partial charge in [0.25, 0.3) is 0 Å². The molecule has 0 aromatic rings. The summed E-state index contributed by atoms with van der Waals surface area (Å²) in [4.78, 5) is 7.79. The van der Waals surface area contributed by atoms with E-state index in [1.807, 2.05) is 0 Å². The van der Waals surface area contributed by atoms with E-state index in [-0.39, 0.29) is 0 Å². The highest BCUT2D eigenvalue weighted by Gasteiger charge is 1.83.